The summed E-state index contributed by atoms with van der Waals surface area (Å²) in [5, 5.41) is 0. The molecule has 0 aliphatic heterocycles. The molecule has 2 aliphatic carbocycles. The zero-order valence-corrected chi connectivity index (χ0v) is 10.00. The van der Waals surface area contributed by atoms with E-state index in [1.807, 2.05) is 0 Å². The lowest BCUT2D eigenvalue weighted by atomic mass is 9.75. The highest BCUT2D eigenvalue weighted by Crippen LogP contribution is 2.46. The fraction of sp³-hybridized carbons (Fsp3) is 0.600. The summed E-state index contributed by atoms with van der Waals surface area (Å²) in [5.41, 5.74) is 3.12. The first-order chi connectivity index (χ1) is 7.24. The summed E-state index contributed by atoms with van der Waals surface area (Å²) in [6.45, 7) is 8.88. The van der Waals surface area contributed by atoms with Crippen molar-refractivity contribution in [3.05, 3.63) is 36.0 Å². The lowest BCUT2D eigenvalue weighted by Gasteiger charge is -2.29. The number of hydrogen-bond acceptors (Lipinski definition) is 0. The van der Waals surface area contributed by atoms with Gasteiger partial charge in [-0.15, -0.1) is 0 Å². The van der Waals surface area contributed by atoms with Gasteiger partial charge in [0.25, 0.3) is 0 Å². The van der Waals surface area contributed by atoms with Gasteiger partial charge in [-0.25, -0.2) is 0 Å². The number of hydrogen-bond donors (Lipinski definition) is 0. The maximum absolute atomic E-state index is 4.30. The molecular formula is C15H22. The molecule has 1 fully saturated rings. The van der Waals surface area contributed by atoms with Crippen LogP contribution in [0.2, 0.25) is 0 Å². The third-order valence-corrected chi connectivity index (χ3v) is 3.65. The smallest absolute Gasteiger partial charge is 0.00704 e. The first kappa shape index (κ1) is 10.7. The van der Waals surface area contributed by atoms with E-state index in [2.05, 4.69) is 38.7 Å². The fourth-order valence-electron chi connectivity index (χ4n) is 2.75. The zero-order valence-electron chi connectivity index (χ0n) is 10.00. The zero-order chi connectivity index (χ0) is 10.8. The van der Waals surface area contributed by atoms with Crippen LogP contribution in [0.3, 0.4) is 0 Å². The molecule has 0 amide bonds. The second kappa shape index (κ2) is 4.38. The number of rotatable bonds is 4. The molecule has 0 radical (unpaired) electrons. The maximum atomic E-state index is 4.30. The minimum Gasteiger partial charge on any atom is -0.0992 e. The van der Waals surface area contributed by atoms with Gasteiger partial charge < -0.3 is 0 Å². The van der Waals surface area contributed by atoms with Crippen LogP contribution in [0.1, 0.15) is 39.5 Å². The average molecular weight is 202 g/mol. The molecule has 0 aromatic rings. The van der Waals surface area contributed by atoms with E-state index in [0.717, 1.165) is 5.92 Å². The van der Waals surface area contributed by atoms with E-state index in [1.165, 1.54) is 31.3 Å². The summed E-state index contributed by atoms with van der Waals surface area (Å²) in [6, 6.07) is 0. The summed E-state index contributed by atoms with van der Waals surface area (Å²) in [7, 11) is 0. The van der Waals surface area contributed by atoms with Crippen molar-refractivity contribution >= 4 is 0 Å². The van der Waals surface area contributed by atoms with Crippen molar-refractivity contribution < 1.29 is 0 Å². The minimum absolute atomic E-state index is 0.641. The topological polar surface area (TPSA) is 0 Å². The lowest BCUT2D eigenvalue weighted by Crippen LogP contribution is -2.18. The largest absolute Gasteiger partial charge is 0.0992 e. The highest BCUT2D eigenvalue weighted by molar-refractivity contribution is 5.33. The average Bonchev–Trinajstić information content (AvgIpc) is 3.00. The lowest BCUT2D eigenvalue weighted by molar-refractivity contribution is 0.507. The molecule has 2 rings (SSSR count). The van der Waals surface area contributed by atoms with Gasteiger partial charge in [0.2, 0.25) is 0 Å². The summed E-state index contributed by atoms with van der Waals surface area (Å²) in [5.74, 6) is 2.18. The van der Waals surface area contributed by atoms with Crippen molar-refractivity contribution in [2.75, 3.05) is 0 Å². The maximum Gasteiger partial charge on any atom is 0.00704 e. The van der Waals surface area contributed by atoms with E-state index >= 15 is 0 Å². The van der Waals surface area contributed by atoms with Crippen molar-refractivity contribution in [2.45, 2.75) is 39.5 Å². The Hall–Kier alpha value is -0.780. The standard InChI is InChI=1S/C15H22/c1-4-6-11(2)15-12(3)7-5-8-14(15)13-9-10-13/h5,7-8,12-13,15H,2,4,6,9-10H2,1,3H3. The van der Waals surface area contributed by atoms with Crippen molar-refractivity contribution in [3.63, 3.8) is 0 Å². The normalized spacial score (nSPS) is 30.1. The molecule has 1 saturated carbocycles. The molecular weight excluding hydrogens is 180 g/mol. The van der Waals surface area contributed by atoms with Crippen LogP contribution in [0, 0.1) is 17.8 Å². The summed E-state index contributed by atoms with van der Waals surface area (Å²) in [4.78, 5) is 0. The second-order valence-corrected chi connectivity index (χ2v) is 5.07. The van der Waals surface area contributed by atoms with Crippen LogP contribution >= 0.6 is 0 Å². The van der Waals surface area contributed by atoms with Gasteiger partial charge in [0, 0.05) is 5.92 Å². The van der Waals surface area contributed by atoms with Gasteiger partial charge in [0.05, 0.1) is 0 Å². The first-order valence-electron chi connectivity index (χ1n) is 6.30. The Morgan fingerprint density at radius 2 is 2.20 bits per heavy atom. The summed E-state index contributed by atoms with van der Waals surface area (Å²) in [6.07, 6.45) is 12.1. The predicted octanol–water partition coefficient (Wildman–Crippen LogP) is 4.50. The van der Waals surface area contributed by atoms with E-state index in [-0.39, 0.29) is 0 Å². The molecule has 0 heteroatoms. The van der Waals surface area contributed by atoms with E-state index in [0.29, 0.717) is 11.8 Å². The van der Waals surface area contributed by atoms with Crippen LogP contribution in [-0.2, 0) is 0 Å². The van der Waals surface area contributed by atoms with Gasteiger partial charge in [-0.05, 0) is 31.1 Å². The van der Waals surface area contributed by atoms with E-state index in [1.54, 1.807) is 5.57 Å². The monoisotopic (exact) mass is 202 g/mol. The van der Waals surface area contributed by atoms with Crippen molar-refractivity contribution in [1.29, 1.82) is 0 Å². The number of allylic oxidation sites excluding steroid dienone is 5. The second-order valence-electron chi connectivity index (χ2n) is 5.07. The van der Waals surface area contributed by atoms with Gasteiger partial charge in [0.1, 0.15) is 0 Å². The summed E-state index contributed by atoms with van der Waals surface area (Å²) < 4.78 is 0. The molecule has 0 nitrogen and oxygen atoms in total. The minimum atomic E-state index is 0.641. The predicted molar refractivity (Wildman–Crippen MR) is 66.6 cm³/mol. The molecule has 15 heavy (non-hydrogen) atoms. The Bertz CT molecular complexity index is 302. The molecule has 0 spiro atoms. The molecule has 0 aromatic heterocycles. The quantitative estimate of drug-likeness (QED) is 0.589. The van der Waals surface area contributed by atoms with Crippen LogP contribution in [0.5, 0.6) is 0 Å². The molecule has 0 N–H and O–H groups in total. The highest BCUT2D eigenvalue weighted by atomic mass is 14.4. The van der Waals surface area contributed by atoms with Gasteiger partial charge in [-0.1, -0.05) is 56.2 Å². The molecule has 82 valence electrons. The molecule has 0 aromatic carbocycles. The highest BCUT2D eigenvalue weighted by Gasteiger charge is 2.34. The van der Waals surface area contributed by atoms with Gasteiger partial charge in [-0.3, -0.25) is 0 Å². The molecule has 0 saturated heterocycles. The van der Waals surface area contributed by atoms with Crippen LogP contribution in [0.4, 0.5) is 0 Å². The Morgan fingerprint density at radius 3 is 2.80 bits per heavy atom. The van der Waals surface area contributed by atoms with Crippen molar-refractivity contribution in [2.24, 2.45) is 17.8 Å². The van der Waals surface area contributed by atoms with Crippen LogP contribution in [0.25, 0.3) is 0 Å². The van der Waals surface area contributed by atoms with Crippen molar-refractivity contribution in [1.82, 2.24) is 0 Å². The van der Waals surface area contributed by atoms with E-state index in [9.17, 15) is 0 Å². The Morgan fingerprint density at radius 1 is 1.47 bits per heavy atom. The van der Waals surface area contributed by atoms with Crippen LogP contribution < -0.4 is 0 Å². The molecule has 2 atom stereocenters. The Balaban J connectivity index is 2.15. The third-order valence-electron chi connectivity index (χ3n) is 3.65. The van der Waals surface area contributed by atoms with Gasteiger partial charge >= 0.3 is 0 Å². The van der Waals surface area contributed by atoms with Crippen molar-refractivity contribution in [3.8, 4) is 0 Å². The third kappa shape index (κ3) is 2.25. The Labute approximate surface area is 93.8 Å². The summed E-state index contributed by atoms with van der Waals surface area (Å²) >= 11 is 0. The fourth-order valence-corrected chi connectivity index (χ4v) is 2.75. The molecule has 2 aliphatic rings. The first-order valence-corrected chi connectivity index (χ1v) is 6.30. The molecule has 2 unspecified atom stereocenters. The van der Waals surface area contributed by atoms with E-state index in [4.69, 9.17) is 0 Å². The van der Waals surface area contributed by atoms with Gasteiger partial charge in [0.15, 0.2) is 0 Å². The SMILES string of the molecule is C=C(CCC)C1C(C2CC2)=CC=CC1C. The van der Waals surface area contributed by atoms with Crippen LogP contribution in [-0.4, -0.2) is 0 Å². The van der Waals surface area contributed by atoms with Gasteiger partial charge in [-0.2, -0.15) is 0 Å². The van der Waals surface area contributed by atoms with E-state index < -0.39 is 0 Å². The Kier molecular flexibility index (Phi) is 3.14. The molecule has 0 heterocycles. The van der Waals surface area contributed by atoms with Crippen LogP contribution in [0.15, 0.2) is 36.0 Å². The molecule has 0 bridgehead atoms.